The minimum Gasteiger partial charge on any atom is -0.480 e. The van der Waals surface area contributed by atoms with Crippen molar-refractivity contribution >= 4 is 11.9 Å². The van der Waals surface area contributed by atoms with Gasteiger partial charge in [-0.25, -0.2) is 4.79 Å². The third kappa shape index (κ3) is 7.91. The molecule has 0 heterocycles. The Morgan fingerprint density at radius 1 is 1.45 bits per heavy atom. The van der Waals surface area contributed by atoms with Crippen LogP contribution in [-0.4, -0.2) is 58.9 Å². The molecule has 1 amide bonds. The van der Waals surface area contributed by atoms with Gasteiger partial charge in [0.25, 0.3) is 0 Å². The molecule has 0 aliphatic carbocycles. The van der Waals surface area contributed by atoms with Gasteiger partial charge in [0.1, 0.15) is 0 Å². The van der Waals surface area contributed by atoms with Crippen LogP contribution in [0.1, 0.15) is 33.1 Å². The van der Waals surface area contributed by atoms with Gasteiger partial charge in [-0.1, -0.05) is 6.08 Å². The summed E-state index contributed by atoms with van der Waals surface area (Å²) in [5, 5.41) is 18.7. The second-order valence-corrected chi connectivity index (χ2v) is 5.32. The molecule has 0 saturated heterocycles. The van der Waals surface area contributed by atoms with Crippen molar-refractivity contribution in [2.45, 2.75) is 44.8 Å². The highest BCUT2D eigenvalue weighted by molar-refractivity contribution is 5.83. The molecule has 0 radical (unpaired) electrons. The van der Waals surface area contributed by atoms with Gasteiger partial charge in [0.05, 0.1) is 12.2 Å². The van der Waals surface area contributed by atoms with Crippen LogP contribution in [0, 0.1) is 0 Å². The van der Waals surface area contributed by atoms with Crippen LogP contribution in [0.2, 0.25) is 0 Å². The molecule has 0 aliphatic rings. The van der Waals surface area contributed by atoms with Crippen LogP contribution in [0.15, 0.2) is 12.7 Å². The first-order chi connectivity index (χ1) is 9.19. The number of aliphatic carboxylic acids is 1. The zero-order chi connectivity index (χ0) is 15.8. The summed E-state index contributed by atoms with van der Waals surface area (Å²) in [4.78, 5) is 24.1. The van der Waals surface area contributed by atoms with Crippen molar-refractivity contribution in [3.05, 3.63) is 12.7 Å². The fraction of sp³-hybridized carbons (Fsp3) is 0.714. The van der Waals surface area contributed by atoms with Crippen LogP contribution in [-0.2, 0) is 14.3 Å². The zero-order valence-electron chi connectivity index (χ0n) is 12.5. The Hall–Kier alpha value is -1.40. The molecule has 0 aromatic carbocycles. The predicted molar refractivity (Wildman–Crippen MR) is 75.4 cm³/mol. The van der Waals surface area contributed by atoms with Crippen LogP contribution in [0.25, 0.3) is 0 Å². The van der Waals surface area contributed by atoms with Crippen molar-refractivity contribution in [2.75, 3.05) is 20.3 Å². The van der Waals surface area contributed by atoms with E-state index in [0.717, 1.165) is 0 Å². The second-order valence-electron chi connectivity index (χ2n) is 5.32. The quantitative estimate of drug-likeness (QED) is 0.463. The fourth-order valence-corrected chi connectivity index (χ4v) is 1.44. The van der Waals surface area contributed by atoms with Crippen molar-refractivity contribution in [3.63, 3.8) is 0 Å². The van der Waals surface area contributed by atoms with Crippen LogP contribution in [0.5, 0.6) is 0 Å². The maximum absolute atomic E-state index is 11.8. The molecule has 0 aromatic heterocycles. The standard InChI is InChI=1S/C14H25NO5/c1-5-6-7-12(16)15(4)11(13(17)18)10-20-9-8-14(2,3)19/h5,11,19H,1,6-10H2,2-4H3,(H,17,18). The number of nitrogens with zero attached hydrogens (tertiary/aromatic N) is 1. The smallest absolute Gasteiger partial charge is 0.328 e. The molecule has 1 unspecified atom stereocenters. The van der Waals surface area contributed by atoms with Crippen molar-refractivity contribution in [3.8, 4) is 0 Å². The Balaban J connectivity index is 4.32. The molecule has 116 valence electrons. The molecule has 6 nitrogen and oxygen atoms in total. The SMILES string of the molecule is C=CCCC(=O)N(C)C(COCCC(C)(C)O)C(=O)O. The Labute approximate surface area is 120 Å². The van der Waals surface area contributed by atoms with E-state index in [4.69, 9.17) is 9.84 Å². The first-order valence-electron chi connectivity index (χ1n) is 6.58. The summed E-state index contributed by atoms with van der Waals surface area (Å²) >= 11 is 0. The maximum Gasteiger partial charge on any atom is 0.328 e. The first kappa shape index (κ1) is 18.6. The molecule has 0 bridgehead atoms. The number of carboxylic acids is 1. The van der Waals surface area contributed by atoms with E-state index in [1.54, 1.807) is 19.9 Å². The Bertz CT molecular complexity index is 335. The highest BCUT2D eigenvalue weighted by Crippen LogP contribution is 2.08. The summed E-state index contributed by atoms with van der Waals surface area (Å²) in [6.07, 6.45) is 2.75. The fourth-order valence-electron chi connectivity index (χ4n) is 1.44. The van der Waals surface area contributed by atoms with E-state index in [2.05, 4.69) is 6.58 Å². The molecule has 0 aliphatic heterocycles. The molecule has 0 rings (SSSR count). The molecule has 1 atom stereocenters. The van der Waals surface area contributed by atoms with Gasteiger partial charge in [0, 0.05) is 20.1 Å². The highest BCUT2D eigenvalue weighted by atomic mass is 16.5. The summed E-state index contributed by atoms with van der Waals surface area (Å²) in [5.74, 6) is -1.37. The second kappa shape index (κ2) is 8.71. The van der Waals surface area contributed by atoms with Gasteiger partial charge in [-0.3, -0.25) is 4.79 Å². The molecule has 0 fully saturated rings. The normalized spacial score (nSPS) is 12.8. The van der Waals surface area contributed by atoms with Gasteiger partial charge in [0.15, 0.2) is 6.04 Å². The molecular weight excluding hydrogens is 262 g/mol. The van der Waals surface area contributed by atoms with Crippen LogP contribution >= 0.6 is 0 Å². The molecule has 2 N–H and O–H groups in total. The molecule has 6 heteroatoms. The van der Waals surface area contributed by atoms with E-state index in [-0.39, 0.29) is 25.5 Å². The van der Waals surface area contributed by atoms with Gasteiger partial charge < -0.3 is 19.8 Å². The van der Waals surface area contributed by atoms with E-state index in [1.807, 2.05) is 0 Å². The number of likely N-dealkylation sites (N-methyl/N-ethyl adjacent to an activating group) is 1. The van der Waals surface area contributed by atoms with Gasteiger partial charge in [0.2, 0.25) is 5.91 Å². The minimum absolute atomic E-state index is 0.0955. The average Bonchev–Trinajstić information content (AvgIpc) is 2.33. The van der Waals surface area contributed by atoms with E-state index in [9.17, 15) is 14.7 Å². The van der Waals surface area contributed by atoms with Gasteiger partial charge in [-0.15, -0.1) is 6.58 Å². The number of carboxylic acid groups (broad SMARTS) is 1. The monoisotopic (exact) mass is 287 g/mol. The Morgan fingerprint density at radius 2 is 2.05 bits per heavy atom. The number of rotatable bonds is 10. The lowest BCUT2D eigenvalue weighted by Crippen LogP contribution is -2.45. The molecular formula is C14H25NO5. The summed E-state index contributed by atoms with van der Waals surface area (Å²) in [5.41, 5.74) is -0.857. The number of carbonyl (C=O) groups is 2. The lowest BCUT2D eigenvalue weighted by atomic mass is 10.1. The minimum atomic E-state index is -1.11. The Kier molecular flexibility index (Phi) is 8.10. The van der Waals surface area contributed by atoms with Crippen LogP contribution < -0.4 is 0 Å². The number of amides is 1. The van der Waals surface area contributed by atoms with Crippen LogP contribution in [0.4, 0.5) is 0 Å². The molecule has 0 saturated carbocycles. The average molecular weight is 287 g/mol. The zero-order valence-corrected chi connectivity index (χ0v) is 12.5. The third-order valence-corrected chi connectivity index (χ3v) is 2.84. The van der Waals surface area contributed by atoms with Crippen molar-refractivity contribution in [1.29, 1.82) is 0 Å². The van der Waals surface area contributed by atoms with E-state index >= 15 is 0 Å². The number of carbonyl (C=O) groups excluding carboxylic acids is 1. The maximum atomic E-state index is 11.8. The first-order valence-corrected chi connectivity index (χ1v) is 6.58. The van der Waals surface area contributed by atoms with E-state index < -0.39 is 17.6 Å². The number of allylic oxidation sites excluding steroid dienone is 1. The van der Waals surface area contributed by atoms with Crippen molar-refractivity contribution in [2.24, 2.45) is 0 Å². The lowest BCUT2D eigenvalue weighted by Gasteiger charge is -2.25. The third-order valence-electron chi connectivity index (χ3n) is 2.84. The van der Waals surface area contributed by atoms with Gasteiger partial charge in [-0.2, -0.15) is 0 Å². The molecule has 0 spiro atoms. The lowest BCUT2D eigenvalue weighted by molar-refractivity contribution is -0.151. The summed E-state index contributed by atoms with van der Waals surface area (Å²) in [6, 6.07) is -1.02. The molecule has 20 heavy (non-hydrogen) atoms. The number of aliphatic hydroxyl groups is 1. The highest BCUT2D eigenvalue weighted by Gasteiger charge is 2.26. The van der Waals surface area contributed by atoms with Gasteiger partial charge in [-0.05, 0) is 26.7 Å². The topological polar surface area (TPSA) is 87.1 Å². The summed E-state index contributed by atoms with van der Waals surface area (Å²) < 4.78 is 5.25. The summed E-state index contributed by atoms with van der Waals surface area (Å²) in [7, 11) is 1.45. The number of ether oxygens (including phenoxy) is 1. The van der Waals surface area contributed by atoms with Crippen molar-refractivity contribution < 1.29 is 24.5 Å². The number of hydrogen-bond acceptors (Lipinski definition) is 4. The largest absolute Gasteiger partial charge is 0.480 e. The van der Waals surface area contributed by atoms with E-state index in [0.29, 0.717) is 12.8 Å². The predicted octanol–water partition coefficient (Wildman–Crippen LogP) is 1.04. The summed E-state index contributed by atoms with van der Waals surface area (Å²) in [6.45, 7) is 6.96. The van der Waals surface area contributed by atoms with E-state index in [1.165, 1.54) is 11.9 Å². The number of hydrogen-bond donors (Lipinski definition) is 2. The van der Waals surface area contributed by atoms with Gasteiger partial charge >= 0.3 is 5.97 Å². The molecule has 0 aromatic rings. The van der Waals surface area contributed by atoms with Crippen LogP contribution in [0.3, 0.4) is 0 Å². The Morgan fingerprint density at radius 3 is 2.50 bits per heavy atom. The van der Waals surface area contributed by atoms with Crippen molar-refractivity contribution in [1.82, 2.24) is 4.90 Å².